The summed E-state index contributed by atoms with van der Waals surface area (Å²) in [7, 11) is 0. The van der Waals surface area contributed by atoms with Crippen LogP contribution in [0.1, 0.15) is 5.56 Å². The molecular weight excluding hydrogens is 306 g/mol. The Labute approximate surface area is 139 Å². The van der Waals surface area contributed by atoms with Gasteiger partial charge in [0.05, 0.1) is 10.5 Å². The number of hydrogen-bond acceptors (Lipinski definition) is 3. The van der Waals surface area contributed by atoms with Crippen LogP contribution in [-0.4, -0.2) is 23.3 Å². The minimum absolute atomic E-state index is 0.215. The van der Waals surface area contributed by atoms with Gasteiger partial charge in [-0.1, -0.05) is 66.4 Å². The molecule has 0 atom stereocenters. The first-order valence-corrected chi connectivity index (χ1v) is 8.03. The lowest BCUT2D eigenvalue weighted by Gasteiger charge is -2.11. The highest BCUT2D eigenvalue weighted by Crippen LogP contribution is 2.39. The minimum atomic E-state index is -0.264. The molecule has 2 amide bonds. The van der Waals surface area contributed by atoms with Gasteiger partial charge in [-0.05, 0) is 17.7 Å². The van der Waals surface area contributed by atoms with Crippen molar-refractivity contribution >= 4 is 29.1 Å². The predicted molar refractivity (Wildman–Crippen MR) is 92.6 cm³/mol. The molecule has 1 aliphatic rings. The Morgan fingerprint density at radius 2 is 1.52 bits per heavy atom. The molecule has 1 aliphatic heterocycles. The fraction of sp³-hybridized carbons (Fsp3) is 0.0526. The molecule has 0 fully saturated rings. The topological polar surface area (TPSA) is 37.4 Å². The second-order valence-corrected chi connectivity index (χ2v) is 6.08. The molecule has 114 valence electrons. The second-order valence-electron chi connectivity index (χ2n) is 4.99. The molecule has 0 N–H and O–H groups in total. The van der Waals surface area contributed by atoms with Crippen molar-refractivity contribution in [3.05, 3.63) is 83.8 Å². The quantitative estimate of drug-likeness (QED) is 0.622. The average molecular weight is 321 g/mol. The Bertz CT molecular complexity index is 782. The Balaban J connectivity index is 2.07. The van der Waals surface area contributed by atoms with Crippen molar-refractivity contribution in [3.63, 3.8) is 0 Å². The number of benzene rings is 2. The molecule has 0 bridgehead atoms. The Morgan fingerprint density at radius 1 is 0.913 bits per heavy atom. The third kappa shape index (κ3) is 2.98. The molecule has 0 saturated heterocycles. The molecule has 23 heavy (non-hydrogen) atoms. The van der Waals surface area contributed by atoms with Crippen LogP contribution in [0.5, 0.6) is 0 Å². The van der Waals surface area contributed by atoms with E-state index in [-0.39, 0.29) is 18.4 Å². The van der Waals surface area contributed by atoms with Gasteiger partial charge < -0.3 is 0 Å². The Kier molecular flexibility index (Phi) is 4.44. The first-order chi connectivity index (χ1) is 11.2. The number of imide groups is 1. The predicted octanol–water partition coefficient (Wildman–Crippen LogP) is 3.74. The van der Waals surface area contributed by atoms with Gasteiger partial charge in [-0.2, -0.15) is 0 Å². The van der Waals surface area contributed by atoms with Gasteiger partial charge in [-0.15, -0.1) is 6.58 Å². The molecule has 2 aromatic carbocycles. The summed E-state index contributed by atoms with van der Waals surface area (Å²) in [6.07, 6.45) is 1.56. The van der Waals surface area contributed by atoms with E-state index >= 15 is 0 Å². The van der Waals surface area contributed by atoms with E-state index in [1.807, 2.05) is 60.7 Å². The van der Waals surface area contributed by atoms with Gasteiger partial charge in [0.25, 0.3) is 11.8 Å². The summed E-state index contributed by atoms with van der Waals surface area (Å²) in [4.78, 5) is 28.0. The first kappa shape index (κ1) is 15.3. The first-order valence-electron chi connectivity index (χ1n) is 7.22. The number of amides is 2. The van der Waals surface area contributed by atoms with Gasteiger partial charge in [-0.25, -0.2) is 0 Å². The largest absolute Gasteiger partial charge is 0.270 e. The van der Waals surface area contributed by atoms with Crippen LogP contribution in [0.15, 0.2) is 83.1 Å². The Hall–Kier alpha value is -2.59. The van der Waals surface area contributed by atoms with E-state index in [1.165, 1.54) is 16.7 Å². The van der Waals surface area contributed by atoms with Crippen LogP contribution >= 0.6 is 11.8 Å². The third-order valence-electron chi connectivity index (χ3n) is 3.46. The number of hydrogen-bond donors (Lipinski definition) is 0. The maximum absolute atomic E-state index is 12.7. The SMILES string of the molecule is C=CCN1C(=O)C(Sc2ccccc2)=C(c2ccccc2)C1=O. The van der Waals surface area contributed by atoms with Crippen molar-refractivity contribution in [1.82, 2.24) is 4.90 Å². The summed E-state index contributed by atoms with van der Waals surface area (Å²) in [5, 5.41) is 0. The zero-order valence-electron chi connectivity index (χ0n) is 12.4. The van der Waals surface area contributed by atoms with Gasteiger partial charge in [0.2, 0.25) is 0 Å². The fourth-order valence-corrected chi connectivity index (χ4v) is 3.44. The van der Waals surface area contributed by atoms with E-state index in [4.69, 9.17) is 0 Å². The summed E-state index contributed by atoms with van der Waals surface area (Å²) < 4.78 is 0. The summed E-state index contributed by atoms with van der Waals surface area (Å²) in [6.45, 7) is 3.84. The van der Waals surface area contributed by atoms with Crippen LogP contribution in [0.25, 0.3) is 5.57 Å². The Morgan fingerprint density at radius 3 is 2.13 bits per heavy atom. The van der Waals surface area contributed by atoms with E-state index in [0.29, 0.717) is 10.5 Å². The summed E-state index contributed by atoms with van der Waals surface area (Å²) in [5.41, 5.74) is 1.22. The van der Waals surface area contributed by atoms with E-state index in [0.717, 1.165) is 10.5 Å². The highest BCUT2D eigenvalue weighted by molar-refractivity contribution is 8.04. The van der Waals surface area contributed by atoms with Gasteiger partial charge in [0.15, 0.2) is 0 Å². The fourth-order valence-electron chi connectivity index (χ4n) is 2.41. The molecule has 1 heterocycles. The van der Waals surface area contributed by atoms with Gasteiger partial charge in [0, 0.05) is 11.4 Å². The number of thioether (sulfide) groups is 1. The molecule has 4 heteroatoms. The lowest BCUT2D eigenvalue weighted by atomic mass is 10.1. The monoisotopic (exact) mass is 321 g/mol. The maximum Gasteiger partial charge on any atom is 0.268 e. The van der Waals surface area contributed by atoms with Gasteiger partial charge >= 0.3 is 0 Å². The summed E-state index contributed by atoms with van der Waals surface area (Å²) in [5.74, 6) is -0.526. The molecular formula is C19H15NO2S. The zero-order valence-corrected chi connectivity index (χ0v) is 13.3. The zero-order chi connectivity index (χ0) is 16.2. The van der Waals surface area contributed by atoms with Crippen molar-refractivity contribution < 1.29 is 9.59 Å². The van der Waals surface area contributed by atoms with E-state index in [2.05, 4.69) is 6.58 Å². The van der Waals surface area contributed by atoms with Crippen molar-refractivity contribution in [2.45, 2.75) is 4.90 Å². The van der Waals surface area contributed by atoms with Crippen molar-refractivity contribution in [1.29, 1.82) is 0 Å². The number of nitrogens with zero attached hydrogens (tertiary/aromatic N) is 1. The van der Waals surface area contributed by atoms with Gasteiger partial charge in [-0.3, -0.25) is 14.5 Å². The van der Waals surface area contributed by atoms with E-state index in [1.54, 1.807) is 6.08 Å². The van der Waals surface area contributed by atoms with Crippen LogP contribution in [0.2, 0.25) is 0 Å². The standard InChI is InChI=1S/C19H15NO2S/c1-2-13-20-18(21)16(14-9-5-3-6-10-14)17(19(20)22)23-15-11-7-4-8-12-15/h2-12H,1,13H2. The van der Waals surface area contributed by atoms with Crippen molar-refractivity contribution in [2.24, 2.45) is 0 Å². The molecule has 0 spiro atoms. The lowest BCUT2D eigenvalue weighted by molar-refractivity contribution is -0.135. The van der Waals surface area contributed by atoms with Crippen LogP contribution in [0, 0.1) is 0 Å². The molecule has 0 unspecified atom stereocenters. The van der Waals surface area contributed by atoms with Crippen LogP contribution in [-0.2, 0) is 9.59 Å². The molecule has 0 radical (unpaired) electrons. The van der Waals surface area contributed by atoms with Gasteiger partial charge in [0.1, 0.15) is 0 Å². The third-order valence-corrected chi connectivity index (χ3v) is 4.55. The van der Waals surface area contributed by atoms with Crippen LogP contribution < -0.4 is 0 Å². The molecule has 0 saturated carbocycles. The maximum atomic E-state index is 12.7. The number of carbonyl (C=O) groups excluding carboxylic acids is 2. The van der Waals surface area contributed by atoms with Crippen LogP contribution in [0.4, 0.5) is 0 Å². The highest BCUT2D eigenvalue weighted by Gasteiger charge is 2.38. The lowest BCUT2D eigenvalue weighted by Crippen LogP contribution is -2.31. The summed E-state index contributed by atoms with van der Waals surface area (Å²) >= 11 is 1.33. The molecule has 0 aliphatic carbocycles. The minimum Gasteiger partial charge on any atom is -0.270 e. The molecule has 3 rings (SSSR count). The average Bonchev–Trinajstić information content (AvgIpc) is 2.81. The van der Waals surface area contributed by atoms with Crippen molar-refractivity contribution in [3.8, 4) is 0 Å². The second kappa shape index (κ2) is 6.67. The molecule has 0 aromatic heterocycles. The normalized spacial score (nSPS) is 14.5. The molecule has 2 aromatic rings. The summed E-state index contributed by atoms with van der Waals surface area (Å²) in [6, 6.07) is 18.9. The van der Waals surface area contributed by atoms with E-state index < -0.39 is 0 Å². The van der Waals surface area contributed by atoms with E-state index in [9.17, 15) is 9.59 Å². The highest BCUT2D eigenvalue weighted by atomic mass is 32.2. The van der Waals surface area contributed by atoms with Crippen molar-refractivity contribution in [2.75, 3.05) is 6.54 Å². The smallest absolute Gasteiger partial charge is 0.268 e. The van der Waals surface area contributed by atoms with Crippen LogP contribution in [0.3, 0.4) is 0 Å². The number of rotatable bonds is 5. The number of carbonyl (C=O) groups is 2. The molecule has 3 nitrogen and oxygen atoms in total.